The SMILES string of the molecule is COc1ccc(Cn2cc(/C=N\NC(=O)c3cn(C)c4ccccc34)c3ccc(F)cc32)cc1. The van der Waals surface area contributed by atoms with E-state index < -0.39 is 0 Å². The van der Waals surface area contributed by atoms with Gasteiger partial charge in [0.05, 0.1) is 24.4 Å². The first-order chi connectivity index (χ1) is 16.5. The molecule has 0 saturated carbocycles. The van der Waals surface area contributed by atoms with E-state index in [-0.39, 0.29) is 11.7 Å². The van der Waals surface area contributed by atoms with E-state index in [1.807, 2.05) is 70.9 Å². The summed E-state index contributed by atoms with van der Waals surface area (Å²) in [6.07, 6.45) is 5.29. The second-order valence-corrected chi connectivity index (χ2v) is 8.09. The molecular formula is C27H23FN4O2. The molecule has 0 aliphatic heterocycles. The summed E-state index contributed by atoms with van der Waals surface area (Å²) in [5.41, 5.74) is 6.73. The van der Waals surface area contributed by atoms with Gasteiger partial charge in [-0.1, -0.05) is 30.3 Å². The minimum Gasteiger partial charge on any atom is -0.497 e. The monoisotopic (exact) mass is 454 g/mol. The molecular weight excluding hydrogens is 431 g/mol. The molecule has 5 aromatic rings. The Morgan fingerprint density at radius 3 is 2.62 bits per heavy atom. The van der Waals surface area contributed by atoms with Crippen molar-refractivity contribution < 1.29 is 13.9 Å². The van der Waals surface area contributed by atoms with Crippen molar-refractivity contribution in [1.29, 1.82) is 0 Å². The molecule has 0 radical (unpaired) electrons. The van der Waals surface area contributed by atoms with Crippen LogP contribution in [0.2, 0.25) is 0 Å². The zero-order valence-corrected chi connectivity index (χ0v) is 18.8. The molecule has 0 unspecified atom stereocenters. The maximum atomic E-state index is 14.0. The van der Waals surface area contributed by atoms with Crippen molar-refractivity contribution in [2.24, 2.45) is 12.1 Å². The highest BCUT2D eigenvalue weighted by atomic mass is 19.1. The van der Waals surface area contributed by atoms with Crippen LogP contribution in [0.4, 0.5) is 4.39 Å². The lowest BCUT2D eigenvalue weighted by molar-refractivity contribution is 0.0956. The number of aryl methyl sites for hydroxylation is 1. The fourth-order valence-electron chi connectivity index (χ4n) is 4.20. The molecule has 3 aromatic carbocycles. The lowest BCUT2D eigenvalue weighted by atomic mass is 10.2. The molecule has 0 atom stereocenters. The van der Waals surface area contributed by atoms with Gasteiger partial charge in [0.2, 0.25) is 0 Å². The molecule has 0 bridgehead atoms. The molecule has 0 spiro atoms. The van der Waals surface area contributed by atoms with E-state index in [0.29, 0.717) is 12.1 Å². The topological polar surface area (TPSA) is 60.5 Å². The van der Waals surface area contributed by atoms with Gasteiger partial charge in [-0.05, 0) is 42.0 Å². The first-order valence-corrected chi connectivity index (χ1v) is 10.8. The number of aromatic nitrogens is 2. The highest BCUT2D eigenvalue weighted by Gasteiger charge is 2.13. The number of ether oxygens (including phenoxy) is 1. The Kier molecular flexibility index (Phi) is 5.59. The second-order valence-electron chi connectivity index (χ2n) is 8.09. The summed E-state index contributed by atoms with van der Waals surface area (Å²) in [6.45, 7) is 0.556. The van der Waals surface area contributed by atoms with Crippen LogP contribution in [0, 0.1) is 5.82 Å². The van der Waals surface area contributed by atoms with E-state index in [4.69, 9.17) is 4.74 Å². The van der Waals surface area contributed by atoms with E-state index in [1.165, 1.54) is 12.1 Å². The summed E-state index contributed by atoms with van der Waals surface area (Å²) < 4.78 is 23.1. The fraction of sp³-hybridized carbons (Fsp3) is 0.111. The first kappa shape index (κ1) is 21.5. The van der Waals surface area contributed by atoms with Gasteiger partial charge in [0.15, 0.2) is 0 Å². The Morgan fingerprint density at radius 1 is 1.03 bits per heavy atom. The van der Waals surface area contributed by atoms with Crippen LogP contribution in [0.15, 0.2) is 84.2 Å². The number of hydrogen-bond donors (Lipinski definition) is 1. The third kappa shape index (κ3) is 4.03. The lowest BCUT2D eigenvalue weighted by Crippen LogP contribution is -2.17. The molecule has 0 aliphatic carbocycles. The van der Waals surface area contributed by atoms with E-state index in [2.05, 4.69) is 10.5 Å². The van der Waals surface area contributed by atoms with Gasteiger partial charge in [-0.3, -0.25) is 4.79 Å². The highest BCUT2D eigenvalue weighted by molar-refractivity contribution is 6.07. The zero-order chi connectivity index (χ0) is 23.7. The van der Waals surface area contributed by atoms with E-state index in [0.717, 1.165) is 38.7 Å². The van der Waals surface area contributed by atoms with Crippen molar-refractivity contribution in [3.05, 3.63) is 102 Å². The number of hydrogen-bond acceptors (Lipinski definition) is 3. The van der Waals surface area contributed by atoms with Crippen molar-refractivity contribution in [1.82, 2.24) is 14.6 Å². The molecule has 1 amide bonds. The number of amides is 1. The number of carbonyl (C=O) groups is 1. The number of para-hydroxylation sites is 1. The molecule has 0 saturated heterocycles. The van der Waals surface area contributed by atoms with Crippen LogP contribution >= 0.6 is 0 Å². The molecule has 2 heterocycles. The molecule has 6 nitrogen and oxygen atoms in total. The highest BCUT2D eigenvalue weighted by Crippen LogP contribution is 2.24. The minimum absolute atomic E-state index is 0.291. The largest absolute Gasteiger partial charge is 0.497 e. The number of hydrazone groups is 1. The van der Waals surface area contributed by atoms with Crippen molar-refractivity contribution in [3.63, 3.8) is 0 Å². The van der Waals surface area contributed by atoms with Gasteiger partial charge in [-0.15, -0.1) is 0 Å². The van der Waals surface area contributed by atoms with Crippen molar-refractivity contribution in [2.75, 3.05) is 7.11 Å². The standard InChI is InChI=1S/C27H23FN4O2/c1-31-17-24(23-5-3-4-6-25(23)31)27(33)30-29-14-19-16-32(26-13-20(28)9-12-22(19)26)15-18-7-10-21(34-2)11-8-18/h3-14,16-17H,15H2,1-2H3,(H,30,33)/b29-14-. The minimum atomic E-state index is -0.311. The normalized spacial score (nSPS) is 11.5. The lowest BCUT2D eigenvalue weighted by Gasteiger charge is -2.07. The summed E-state index contributed by atoms with van der Waals surface area (Å²) in [4.78, 5) is 12.8. The smallest absolute Gasteiger partial charge is 0.273 e. The predicted molar refractivity (Wildman–Crippen MR) is 132 cm³/mol. The summed E-state index contributed by atoms with van der Waals surface area (Å²) >= 11 is 0. The summed E-state index contributed by atoms with van der Waals surface area (Å²) in [7, 11) is 3.53. The second kappa shape index (κ2) is 8.86. The fourth-order valence-corrected chi connectivity index (χ4v) is 4.20. The predicted octanol–water partition coefficient (Wildman–Crippen LogP) is 5.09. The molecule has 0 fully saturated rings. The van der Waals surface area contributed by atoms with Gasteiger partial charge >= 0.3 is 0 Å². The van der Waals surface area contributed by atoms with Gasteiger partial charge < -0.3 is 13.9 Å². The first-order valence-electron chi connectivity index (χ1n) is 10.8. The Balaban J connectivity index is 1.41. The number of methoxy groups -OCH3 is 1. The Labute approximate surface area is 195 Å². The van der Waals surface area contributed by atoms with Gasteiger partial charge in [0, 0.05) is 47.8 Å². The average Bonchev–Trinajstić information content (AvgIpc) is 3.37. The molecule has 2 aromatic heterocycles. The van der Waals surface area contributed by atoms with Crippen molar-refractivity contribution >= 4 is 33.9 Å². The van der Waals surface area contributed by atoms with Gasteiger partial charge in [0.25, 0.3) is 5.91 Å². The van der Waals surface area contributed by atoms with E-state index in [9.17, 15) is 9.18 Å². The maximum Gasteiger partial charge on any atom is 0.273 e. The molecule has 1 N–H and O–H groups in total. The van der Waals surface area contributed by atoms with E-state index in [1.54, 1.807) is 25.6 Å². The number of benzene rings is 3. The molecule has 34 heavy (non-hydrogen) atoms. The number of rotatable bonds is 6. The maximum absolute atomic E-state index is 14.0. The Morgan fingerprint density at radius 2 is 1.82 bits per heavy atom. The van der Waals surface area contributed by atoms with Crippen LogP contribution in [-0.4, -0.2) is 28.4 Å². The number of nitrogens with one attached hydrogen (secondary N) is 1. The van der Waals surface area contributed by atoms with Crippen molar-refractivity contribution in [3.8, 4) is 5.75 Å². The van der Waals surface area contributed by atoms with E-state index >= 15 is 0 Å². The number of fused-ring (bicyclic) bond motifs is 2. The zero-order valence-electron chi connectivity index (χ0n) is 18.8. The van der Waals surface area contributed by atoms with Crippen LogP contribution in [0.25, 0.3) is 21.8 Å². The quantitative estimate of drug-likeness (QED) is 0.287. The molecule has 5 rings (SSSR count). The number of carbonyl (C=O) groups excluding carboxylic acids is 1. The average molecular weight is 455 g/mol. The van der Waals surface area contributed by atoms with Crippen LogP contribution in [0.5, 0.6) is 5.75 Å². The Hall–Kier alpha value is -4.39. The number of nitrogens with zero attached hydrogens (tertiary/aromatic N) is 3. The van der Waals surface area contributed by atoms with Gasteiger partial charge in [0.1, 0.15) is 11.6 Å². The van der Waals surface area contributed by atoms with Crippen LogP contribution < -0.4 is 10.2 Å². The van der Waals surface area contributed by atoms with Crippen molar-refractivity contribution in [2.45, 2.75) is 6.54 Å². The Bertz CT molecular complexity index is 1530. The summed E-state index contributed by atoms with van der Waals surface area (Å²) in [5.74, 6) is 0.178. The van der Waals surface area contributed by atoms with Gasteiger partial charge in [-0.2, -0.15) is 5.10 Å². The molecule has 0 aliphatic rings. The number of halogens is 1. The third-order valence-corrected chi connectivity index (χ3v) is 5.90. The molecule has 170 valence electrons. The van der Waals surface area contributed by atoms with Crippen LogP contribution in [0.1, 0.15) is 21.5 Å². The van der Waals surface area contributed by atoms with Gasteiger partial charge in [-0.25, -0.2) is 9.82 Å². The molecule has 7 heteroatoms. The summed E-state index contributed by atoms with van der Waals surface area (Å²) in [5, 5.41) is 5.90. The third-order valence-electron chi connectivity index (χ3n) is 5.90. The summed E-state index contributed by atoms with van der Waals surface area (Å²) in [6, 6.07) is 20.1. The van der Waals surface area contributed by atoms with Crippen LogP contribution in [-0.2, 0) is 13.6 Å². The van der Waals surface area contributed by atoms with Crippen LogP contribution in [0.3, 0.4) is 0 Å².